The molecule has 0 aliphatic carbocycles. The summed E-state index contributed by atoms with van der Waals surface area (Å²) in [6.07, 6.45) is -3.84. The molecule has 2 aromatic carbocycles. The highest BCUT2D eigenvalue weighted by Crippen LogP contribution is 2.32. The minimum absolute atomic E-state index is 0.0895. The Morgan fingerprint density at radius 1 is 1.12 bits per heavy atom. The molecule has 9 heteroatoms. The molecule has 0 radical (unpaired) electrons. The van der Waals surface area contributed by atoms with Gasteiger partial charge in [0.15, 0.2) is 17.0 Å². The number of anilines is 1. The third kappa shape index (κ3) is 4.85. The Bertz CT molecular complexity index is 1370. The highest BCUT2D eigenvalue weighted by molar-refractivity contribution is 6.03. The van der Waals surface area contributed by atoms with E-state index in [2.05, 4.69) is 21.5 Å². The van der Waals surface area contributed by atoms with E-state index in [-0.39, 0.29) is 17.0 Å². The number of nitrogens with one attached hydrogen (secondary N) is 1. The van der Waals surface area contributed by atoms with Crippen molar-refractivity contribution in [3.05, 3.63) is 83.2 Å². The van der Waals surface area contributed by atoms with Gasteiger partial charge in [0.2, 0.25) is 0 Å². The zero-order valence-electron chi connectivity index (χ0n) is 17.5. The zero-order chi connectivity index (χ0) is 23.6. The summed E-state index contributed by atoms with van der Waals surface area (Å²) in [7, 11) is 0. The van der Waals surface area contributed by atoms with Crippen LogP contribution in [0.2, 0.25) is 0 Å². The largest absolute Gasteiger partial charge is 0.433 e. The van der Waals surface area contributed by atoms with Crippen LogP contribution in [-0.4, -0.2) is 20.5 Å². The number of carbonyl (C=O) groups is 1. The lowest BCUT2D eigenvalue weighted by Gasteiger charge is -2.11. The molecular formula is C24H18F3N5O. The third-order valence-corrected chi connectivity index (χ3v) is 5.01. The highest BCUT2D eigenvalue weighted by atomic mass is 19.4. The number of amides is 1. The molecule has 0 unspecified atom stereocenters. The Balaban J connectivity index is 1.70. The number of hydrogen-bond acceptors (Lipinski definition) is 4. The Hall–Kier alpha value is -4.19. The number of fused-ring (bicyclic) bond motifs is 1. The van der Waals surface area contributed by atoms with Gasteiger partial charge in [-0.1, -0.05) is 42.0 Å². The molecule has 4 aromatic rings. The molecule has 1 amide bonds. The van der Waals surface area contributed by atoms with E-state index < -0.39 is 17.8 Å². The van der Waals surface area contributed by atoms with Crippen molar-refractivity contribution in [2.75, 3.05) is 5.32 Å². The van der Waals surface area contributed by atoms with Crippen molar-refractivity contribution in [1.29, 1.82) is 5.26 Å². The Morgan fingerprint density at radius 3 is 2.58 bits per heavy atom. The fourth-order valence-electron chi connectivity index (χ4n) is 3.36. The van der Waals surface area contributed by atoms with Crippen LogP contribution in [0.25, 0.3) is 16.9 Å². The first kappa shape index (κ1) is 22.0. The lowest BCUT2D eigenvalue weighted by Crippen LogP contribution is -2.15. The number of halogens is 3. The number of hydrogen-bond donors (Lipinski definition) is 1. The summed E-state index contributed by atoms with van der Waals surface area (Å²) in [6.45, 7) is 1.88. The number of rotatable bonds is 5. The van der Waals surface area contributed by atoms with E-state index in [9.17, 15) is 18.0 Å². The van der Waals surface area contributed by atoms with E-state index in [0.29, 0.717) is 28.6 Å². The number of nitrogens with zero attached hydrogens (tertiary/aromatic N) is 4. The summed E-state index contributed by atoms with van der Waals surface area (Å²) in [6, 6.07) is 18.1. The van der Waals surface area contributed by atoms with Crippen LogP contribution in [0, 0.1) is 18.3 Å². The van der Waals surface area contributed by atoms with Gasteiger partial charge in [-0.05, 0) is 37.1 Å². The van der Waals surface area contributed by atoms with Crippen molar-refractivity contribution in [2.24, 2.45) is 0 Å². The highest BCUT2D eigenvalue weighted by Gasteiger charge is 2.35. The molecule has 0 atom stereocenters. The molecule has 4 rings (SSSR count). The zero-order valence-corrected chi connectivity index (χ0v) is 17.5. The fraction of sp³-hybridized carbons (Fsp3) is 0.167. The topological polar surface area (TPSA) is 83.1 Å². The van der Waals surface area contributed by atoms with Crippen LogP contribution in [-0.2, 0) is 12.6 Å². The van der Waals surface area contributed by atoms with Crippen LogP contribution in [0.4, 0.5) is 18.9 Å². The summed E-state index contributed by atoms with van der Waals surface area (Å²) in [5, 5.41) is 15.2. The van der Waals surface area contributed by atoms with Gasteiger partial charge in [-0.25, -0.2) is 9.50 Å². The quantitative estimate of drug-likeness (QED) is 0.440. The molecule has 6 nitrogen and oxygen atoms in total. The second kappa shape index (κ2) is 8.74. The first-order valence-corrected chi connectivity index (χ1v) is 10.1. The number of aryl methyl sites for hydroxylation is 2. The Morgan fingerprint density at radius 2 is 1.88 bits per heavy atom. The van der Waals surface area contributed by atoms with E-state index in [1.807, 2.05) is 13.0 Å². The Kier molecular flexibility index (Phi) is 5.84. The molecule has 1 N–H and O–H groups in total. The average Bonchev–Trinajstić information content (AvgIpc) is 3.21. The predicted octanol–water partition coefficient (Wildman–Crippen LogP) is 5.43. The van der Waals surface area contributed by atoms with Crippen LogP contribution in [0.15, 0.2) is 60.7 Å². The van der Waals surface area contributed by atoms with Crippen molar-refractivity contribution in [1.82, 2.24) is 14.6 Å². The summed E-state index contributed by atoms with van der Waals surface area (Å²) in [5.74, 6) is -0.664. The molecule has 0 aliphatic heterocycles. The monoisotopic (exact) mass is 449 g/mol. The van der Waals surface area contributed by atoms with Crippen LogP contribution in [0.1, 0.15) is 33.7 Å². The maximum Gasteiger partial charge on any atom is 0.433 e. The van der Waals surface area contributed by atoms with Crippen molar-refractivity contribution in [2.45, 2.75) is 25.9 Å². The minimum atomic E-state index is -4.70. The summed E-state index contributed by atoms with van der Waals surface area (Å²) >= 11 is 0. The van der Waals surface area contributed by atoms with Gasteiger partial charge in [0.1, 0.15) is 0 Å². The van der Waals surface area contributed by atoms with E-state index in [1.54, 1.807) is 42.5 Å². The van der Waals surface area contributed by atoms with Crippen molar-refractivity contribution in [3.8, 4) is 17.3 Å². The van der Waals surface area contributed by atoms with Gasteiger partial charge in [0, 0.05) is 23.7 Å². The van der Waals surface area contributed by atoms with Gasteiger partial charge < -0.3 is 5.32 Å². The summed E-state index contributed by atoms with van der Waals surface area (Å²) in [4.78, 5) is 17.0. The average molecular weight is 449 g/mol. The molecule has 0 aliphatic rings. The number of aromatic nitrogens is 3. The molecular weight excluding hydrogens is 431 g/mol. The van der Waals surface area contributed by atoms with Gasteiger partial charge in [-0.15, -0.1) is 0 Å². The molecule has 0 fully saturated rings. The number of alkyl halides is 3. The van der Waals surface area contributed by atoms with Crippen LogP contribution in [0.3, 0.4) is 0 Å². The fourth-order valence-corrected chi connectivity index (χ4v) is 3.36. The molecule has 0 saturated heterocycles. The van der Waals surface area contributed by atoms with Crippen molar-refractivity contribution in [3.63, 3.8) is 0 Å². The van der Waals surface area contributed by atoms with Gasteiger partial charge in [-0.3, -0.25) is 4.79 Å². The minimum Gasteiger partial charge on any atom is -0.321 e. The predicted molar refractivity (Wildman–Crippen MR) is 116 cm³/mol. The maximum atomic E-state index is 13.8. The van der Waals surface area contributed by atoms with Gasteiger partial charge >= 0.3 is 6.18 Å². The van der Waals surface area contributed by atoms with Crippen molar-refractivity contribution >= 4 is 17.2 Å². The smallest absolute Gasteiger partial charge is 0.321 e. The molecule has 2 aromatic heterocycles. The summed E-state index contributed by atoms with van der Waals surface area (Å²) < 4.78 is 41.9. The molecule has 0 spiro atoms. The second-order valence-corrected chi connectivity index (χ2v) is 7.50. The number of benzene rings is 2. The third-order valence-electron chi connectivity index (χ3n) is 5.01. The number of carbonyl (C=O) groups excluding carboxylic acids is 1. The van der Waals surface area contributed by atoms with Crippen molar-refractivity contribution < 1.29 is 18.0 Å². The normalized spacial score (nSPS) is 11.4. The summed E-state index contributed by atoms with van der Waals surface area (Å²) in [5.41, 5.74) is 1.62. The van der Waals surface area contributed by atoms with Gasteiger partial charge in [0.05, 0.1) is 11.8 Å². The standard InChI is InChI=1S/C24H18F3N5O/c1-15-7-9-17(10-8-15)19-13-21(24(25,26)27)32-22(30-19)14-20(31-32)23(33)29-18-6-2-4-16(12-18)5-3-11-28/h2,4,6-10,12-14H,3,5H2,1H3,(H,29,33). The van der Waals surface area contributed by atoms with E-state index in [4.69, 9.17) is 5.26 Å². The molecule has 2 heterocycles. The lowest BCUT2D eigenvalue weighted by atomic mass is 10.1. The van der Waals surface area contributed by atoms with E-state index >= 15 is 0 Å². The van der Waals surface area contributed by atoms with E-state index in [0.717, 1.165) is 17.2 Å². The molecule has 0 saturated carbocycles. The van der Waals surface area contributed by atoms with Crippen LogP contribution in [0.5, 0.6) is 0 Å². The van der Waals surface area contributed by atoms with Crippen LogP contribution >= 0.6 is 0 Å². The molecule has 166 valence electrons. The Labute approximate surface area is 187 Å². The second-order valence-electron chi connectivity index (χ2n) is 7.50. The number of nitriles is 1. The first-order chi connectivity index (χ1) is 15.7. The lowest BCUT2D eigenvalue weighted by molar-refractivity contribution is -0.142. The SMILES string of the molecule is Cc1ccc(-c2cc(C(F)(F)F)n3nc(C(=O)Nc4cccc(CCC#N)c4)cc3n2)cc1. The van der Waals surface area contributed by atoms with Crippen LogP contribution < -0.4 is 5.32 Å². The van der Waals surface area contributed by atoms with E-state index in [1.165, 1.54) is 6.07 Å². The maximum absolute atomic E-state index is 13.8. The molecule has 33 heavy (non-hydrogen) atoms. The first-order valence-electron chi connectivity index (χ1n) is 10.1. The molecule has 0 bridgehead atoms. The van der Waals surface area contributed by atoms with Gasteiger partial charge in [0.25, 0.3) is 5.91 Å². The van der Waals surface area contributed by atoms with Gasteiger partial charge in [-0.2, -0.15) is 23.5 Å².